The van der Waals surface area contributed by atoms with Gasteiger partial charge in [0.05, 0.1) is 23.9 Å². The highest BCUT2D eigenvalue weighted by Crippen LogP contribution is 2.38. The van der Waals surface area contributed by atoms with E-state index in [-0.39, 0.29) is 35.8 Å². The minimum absolute atomic E-state index is 0.149. The average Bonchev–Trinajstić information content (AvgIpc) is 3.50. The third-order valence-corrected chi connectivity index (χ3v) is 12.6. The van der Waals surface area contributed by atoms with E-state index in [1.54, 1.807) is 16.7 Å². The third kappa shape index (κ3) is 8.14. The van der Waals surface area contributed by atoms with Crippen molar-refractivity contribution in [2.24, 2.45) is 17.6 Å². The van der Waals surface area contributed by atoms with Crippen molar-refractivity contribution in [1.29, 1.82) is 0 Å². The number of amides is 5. The number of nitrogens with one attached hydrogen (secondary N) is 2. The van der Waals surface area contributed by atoms with Gasteiger partial charge in [-0.25, -0.2) is 4.79 Å². The van der Waals surface area contributed by atoms with Crippen LogP contribution in [0.2, 0.25) is 18.1 Å². The molecule has 0 aliphatic carbocycles. The third-order valence-electron chi connectivity index (χ3n) is 8.13. The van der Waals surface area contributed by atoms with Crippen LogP contribution in [0.4, 0.5) is 4.79 Å². The van der Waals surface area contributed by atoms with Crippen LogP contribution in [0.3, 0.4) is 0 Å². The Bertz CT molecular complexity index is 955. The summed E-state index contributed by atoms with van der Waals surface area (Å²) in [6.45, 7) is 14.3. The number of aliphatic hydroxyl groups excluding tert-OH is 1. The molecular weight excluding hydrogens is 526 g/mol. The molecule has 0 aromatic rings. The molecule has 5 amide bonds. The number of hydrogen-bond donors (Lipinski definition) is 5. The summed E-state index contributed by atoms with van der Waals surface area (Å²) in [6.07, 6.45) is -2.89. The number of hydrogen-bond acceptors (Lipinski definition) is 7. The van der Waals surface area contributed by atoms with Gasteiger partial charge in [-0.2, -0.15) is 0 Å². The molecule has 0 unspecified atom stereocenters. The second-order valence-electron chi connectivity index (χ2n) is 12.2. The molecule has 0 spiro atoms. The van der Waals surface area contributed by atoms with Crippen molar-refractivity contribution in [2.45, 2.75) is 89.9 Å². The molecule has 0 bridgehead atoms. The Labute approximate surface area is 230 Å². The Balaban J connectivity index is 2.03. The highest BCUT2D eigenvalue weighted by Gasteiger charge is 2.45. The first kappa shape index (κ1) is 32.5. The first-order valence-corrected chi connectivity index (χ1v) is 16.3. The lowest BCUT2D eigenvalue weighted by molar-refractivity contribution is -0.140. The zero-order valence-corrected chi connectivity index (χ0v) is 25.0. The van der Waals surface area contributed by atoms with E-state index in [2.05, 4.69) is 10.6 Å². The van der Waals surface area contributed by atoms with Crippen LogP contribution in [0.5, 0.6) is 0 Å². The lowest BCUT2D eigenvalue weighted by Gasteiger charge is -2.41. The number of rotatable bonds is 10. The van der Waals surface area contributed by atoms with Crippen molar-refractivity contribution in [2.75, 3.05) is 26.2 Å². The van der Waals surface area contributed by atoms with Gasteiger partial charge < -0.3 is 40.8 Å². The van der Waals surface area contributed by atoms with Gasteiger partial charge >= 0.3 is 6.09 Å². The molecule has 6 N–H and O–H groups in total. The number of aliphatic hydroxyl groups is 1. The number of likely N-dealkylation sites (tertiary alicyclic amines) is 2. The van der Waals surface area contributed by atoms with Crippen molar-refractivity contribution < 1.29 is 38.6 Å². The number of nitrogens with zero attached hydrogens (tertiary/aromatic N) is 2. The predicted octanol–water partition coefficient (Wildman–Crippen LogP) is 0.0808. The fourth-order valence-corrected chi connectivity index (χ4v) is 5.87. The van der Waals surface area contributed by atoms with E-state index in [0.29, 0.717) is 25.9 Å². The van der Waals surface area contributed by atoms with E-state index < -0.39 is 56.4 Å². The first-order valence-electron chi connectivity index (χ1n) is 13.4. The van der Waals surface area contributed by atoms with E-state index in [1.807, 2.05) is 33.9 Å². The smallest absolute Gasteiger partial charge is 0.404 e. The molecule has 2 heterocycles. The van der Waals surface area contributed by atoms with E-state index in [4.69, 9.17) is 10.2 Å². The van der Waals surface area contributed by atoms with Gasteiger partial charge in [0, 0.05) is 26.2 Å². The molecule has 0 saturated carbocycles. The van der Waals surface area contributed by atoms with Gasteiger partial charge in [-0.15, -0.1) is 0 Å². The van der Waals surface area contributed by atoms with Crippen molar-refractivity contribution in [3.8, 4) is 0 Å². The molecule has 14 heteroatoms. The molecule has 6 atom stereocenters. The zero-order chi connectivity index (χ0) is 29.9. The number of primary amides is 1. The Morgan fingerprint density at radius 2 is 1.49 bits per heavy atom. The van der Waals surface area contributed by atoms with Crippen LogP contribution < -0.4 is 16.4 Å². The molecule has 2 saturated heterocycles. The van der Waals surface area contributed by atoms with Gasteiger partial charge in [0.25, 0.3) is 5.91 Å². The maximum absolute atomic E-state index is 13.6. The molecule has 39 heavy (non-hydrogen) atoms. The summed E-state index contributed by atoms with van der Waals surface area (Å²) in [7, 11) is -2.43. The van der Waals surface area contributed by atoms with Gasteiger partial charge in [-0.3, -0.25) is 19.2 Å². The van der Waals surface area contributed by atoms with Gasteiger partial charge in [0.2, 0.25) is 17.7 Å². The minimum Gasteiger partial charge on any atom is -0.465 e. The molecule has 2 aliphatic rings. The van der Waals surface area contributed by atoms with Crippen LogP contribution in [0.25, 0.3) is 0 Å². The fourth-order valence-electron chi connectivity index (χ4n) is 4.57. The molecule has 0 aromatic carbocycles. The molecule has 13 nitrogen and oxygen atoms in total. The van der Waals surface area contributed by atoms with Gasteiger partial charge in [-0.05, 0) is 44.8 Å². The van der Waals surface area contributed by atoms with Crippen LogP contribution in [0.1, 0.15) is 47.5 Å². The van der Waals surface area contributed by atoms with Crippen LogP contribution in [-0.4, -0.2) is 109 Å². The summed E-state index contributed by atoms with van der Waals surface area (Å²) in [4.78, 5) is 65.0. The summed E-state index contributed by atoms with van der Waals surface area (Å²) in [6, 6.07) is -1.64. The van der Waals surface area contributed by atoms with Gasteiger partial charge in [0.1, 0.15) is 6.10 Å². The predicted molar refractivity (Wildman–Crippen MR) is 145 cm³/mol. The maximum atomic E-state index is 13.6. The van der Waals surface area contributed by atoms with Crippen LogP contribution in [0.15, 0.2) is 0 Å². The molecule has 0 radical (unpaired) electrons. The summed E-state index contributed by atoms with van der Waals surface area (Å²) in [5, 5.41) is 23.7. The molecule has 2 rings (SSSR count). The van der Waals surface area contributed by atoms with Crippen molar-refractivity contribution >= 4 is 38.0 Å². The van der Waals surface area contributed by atoms with Crippen LogP contribution in [-0.2, 0) is 23.6 Å². The Morgan fingerprint density at radius 3 is 2.03 bits per heavy atom. The lowest BCUT2D eigenvalue weighted by Crippen LogP contribution is -2.56. The highest BCUT2D eigenvalue weighted by molar-refractivity contribution is 6.74. The highest BCUT2D eigenvalue weighted by atomic mass is 28.4. The normalized spacial score (nSPS) is 23.1. The van der Waals surface area contributed by atoms with Crippen molar-refractivity contribution in [1.82, 2.24) is 20.4 Å². The Hall–Kier alpha value is -2.71. The molecular formula is C25H45N5O8Si. The van der Waals surface area contributed by atoms with Crippen molar-refractivity contribution in [3.05, 3.63) is 0 Å². The number of nitrogens with two attached hydrogens (primary N) is 1. The SMILES string of the molecule is C[C@H](NC(=O)[C@@H]1CCN(C(=O)[C@H]2CCN(C(=O)[C@H](O[Si](C)(C)C(C)(C)C)[C@H](C)NC(=O)O)C2)C1)[C@@H](O)C(N)=O. The standard InChI is InChI=1S/C25H45N5O8Si/c1-14(18(31)20(26)32)27-21(33)16-8-10-29(12-16)22(34)17-9-11-30(13-17)23(35)19(15(2)28-24(36)37)38-39(6,7)25(3,4)5/h14-19,28,31H,8-13H2,1-7H3,(H2,26,32)(H,27,33)(H,36,37)/t14-,15-,16+,17-,18+,19+/m0/s1. The monoisotopic (exact) mass is 571 g/mol. The Kier molecular flexibility index (Phi) is 10.5. The minimum atomic E-state index is -2.43. The number of carbonyl (C=O) groups excluding carboxylic acids is 4. The van der Waals surface area contributed by atoms with E-state index >= 15 is 0 Å². The molecule has 222 valence electrons. The molecule has 0 aromatic heterocycles. The fraction of sp³-hybridized carbons (Fsp3) is 0.800. The first-order chi connectivity index (χ1) is 17.9. The van der Waals surface area contributed by atoms with Gasteiger partial charge in [0.15, 0.2) is 14.4 Å². The van der Waals surface area contributed by atoms with E-state index in [0.717, 1.165) is 0 Å². The lowest BCUT2D eigenvalue weighted by atomic mass is 10.1. The van der Waals surface area contributed by atoms with E-state index in [1.165, 1.54) is 6.92 Å². The largest absolute Gasteiger partial charge is 0.465 e. The number of carboxylic acid groups (broad SMARTS) is 1. The molecule has 2 fully saturated rings. The molecule has 2 aliphatic heterocycles. The van der Waals surface area contributed by atoms with Crippen LogP contribution in [0, 0.1) is 11.8 Å². The second-order valence-corrected chi connectivity index (χ2v) is 17.0. The maximum Gasteiger partial charge on any atom is 0.404 e. The van der Waals surface area contributed by atoms with Crippen molar-refractivity contribution in [3.63, 3.8) is 0 Å². The van der Waals surface area contributed by atoms with Gasteiger partial charge in [-0.1, -0.05) is 20.8 Å². The quantitative estimate of drug-likeness (QED) is 0.228. The number of carbonyl (C=O) groups is 5. The summed E-state index contributed by atoms with van der Waals surface area (Å²) < 4.78 is 6.37. The second kappa shape index (κ2) is 12.6. The van der Waals surface area contributed by atoms with E-state index in [9.17, 15) is 34.2 Å². The summed E-state index contributed by atoms with van der Waals surface area (Å²) >= 11 is 0. The topological polar surface area (TPSA) is 192 Å². The summed E-state index contributed by atoms with van der Waals surface area (Å²) in [5.41, 5.74) is 5.08. The zero-order valence-electron chi connectivity index (χ0n) is 24.0. The average molecular weight is 572 g/mol. The summed E-state index contributed by atoms with van der Waals surface area (Å²) in [5.74, 6) is -2.73. The Morgan fingerprint density at radius 1 is 0.949 bits per heavy atom. The van der Waals surface area contributed by atoms with Crippen LogP contribution >= 0.6 is 0 Å².